The smallest absolute Gasteiger partial charge is 0.188 e. The fourth-order valence-electron chi connectivity index (χ4n) is 0.799. The van der Waals surface area contributed by atoms with Crippen molar-refractivity contribution >= 4 is 13.7 Å². The van der Waals surface area contributed by atoms with E-state index in [2.05, 4.69) is 0 Å². The minimum absolute atomic E-state index is 0.397. The summed E-state index contributed by atoms with van der Waals surface area (Å²) in [6, 6.07) is 7.32. The monoisotopic (exact) mass is 185 g/mol. The van der Waals surface area contributed by atoms with Gasteiger partial charge in [0.25, 0.3) is 0 Å². The maximum absolute atomic E-state index is 10.6. The summed E-state index contributed by atoms with van der Waals surface area (Å²) >= 11 is 0. The highest BCUT2D eigenvalue weighted by molar-refractivity contribution is 7.38. The van der Waals surface area contributed by atoms with Crippen LogP contribution in [0.1, 0.15) is 5.56 Å². The molecule has 1 atom stereocenters. The third kappa shape index (κ3) is 3.07. The molecule has 0 aliphatic rings. The predicted molar refractivity (Wildman–Crippen MR) is 50.6 cm³/mol. The molecule has 0 amide bonds. The zero-order chi connectivity index (χ0) is 8.97. The van der Waals surface area contributed by atoms with Crippen LogP contribution in [0.4, 0.5) is 5.69 Å². The molecule has 0 saturated heterocycles. The normalized spacial score (nSPS) is 12.8. The lowest BCUT2D eigenvalue weighted by molar-refractivity contribution is 0.322. The van der Waals surface area contributed by atoms with Gasteiger partial charge in [-0.2, -0.15) is 0 Å². The Morgan fingerprint density at radius 2 is 2.00 bits per heavy atom. The third-order valence-electron chi connectivity index (χ3n) is 1.42. The van der Waals surface area contributed by atoms with Crippen LogP contribution >= 0.6 is 8.03 Å². The Labute approximate surface area is 72.4 Å². The van der Waals surface area contributed by atoms with Crippen molar-refractivity contribution in [2.75, 3.05) is 12.4 Å². The van der Waals surface area contributed by atoms with Gasteiger partial charge < -0.3 is 10.3 Å². The highest BCUT2D eigenvalue weighted by Gasteiger charge is 1.93. The van der Waals surface area contributed by atoms with E-state index >= 15 is 0 Å². The van der Waals surface area contributed by atoms with Gasteiger partial charge in [0.15, 0.2) is 8.03 Å². The molecular weight excluding hydrogens is 173 g/mol. The van der Waals surface area contributed by atoms with Gasteiger partial charge in [-0.1, -0.05) is 12.1 Å². The summed E-state index contributed by atoms with van der Waals surface area (Å²) in [7, 11) is -1.82. The molecule has 0 aromatic heterocycles. The minimum Gasteiger partial charge on any atom is -0.399 e. The standard InChI is InChI=1S/C8H12NO2P/c1-12(10)11-6-7-2-4-8(9)5-3-7/h2-5,12H,6,9H2,1H3. The number of rotatable bonds is 3. The van der Waals surface area contributed by atoms with Crippen molar-refractivity contribution in [1.29, 1.82) is 0 Å². The maximum atomic E-state index is 10.6. The Morgan fingerprint density at radius 1 is 1.42 bits per heavy atom. The van der Waals surface area contributed by atoms with Gasteiger partial charge in [0.05, 0.1) is 6.61 Å². The van der Waals surface area contributed by atoms with Crippen molar-refractivity contribution in [1.82, 2.24) is 0 Å². The molecule has 3 nitrogen and oxygen atoms in total. The second-order valence-electron chi connectivity index (χ2n) is 2.52. The molecular formula is C8H12NO2P. The molecule has 0 heterocycles. The first kappa shape index (κ1) is 9.30. The van der Waals surface area contributed by atoms with E-state index in [1.807, 2.05) is 12.1 Å². The Balaban J connectivity index is 2.53. The topological polar surface area (TPSA) is 52.3 Å². The van der Waals surface area contributed by atoms with Gasteiger partial charge in [-0.3, -0.25) is 4.57 Å². The molecule has 1 unspecified atom stereocenters. The van der Waals surface area contributed by atoms with E-state index in [4.69, 9.17) is 10.3 Å². The fourth-order valence-corrected chi connectivity index (χ4v) is 1.17. The zero-order valence-electron chi connectivity index (χ0n) is 6.91. The summed E-state index contributed by atoms with van der Waals surface area (Å²) in [5, 5.41) is 0. The molecule has 0 bridgehead atoms. The van der Waals surface area contributed by atoms with Crippen molar-refractivity contribution < 1.29 is 9.09 Å². The molecule has 1 rings (SSSR count). The quantitative estimate of drug-likeness (QED) is 0.577. The van der Waals surface area contributed by atoms with E-state index in [9.17, 15) is 4.57 Å². The average molecular weight is 185 g/mol. The second kappa shape index (κ2) is 4.29. The molecule has 1 aromatic rings. The summed E-state index contributed by atoms with van der Waals surface area (Å²) in [6.07, 6.45) is 0. The van der Waals surface area contributed by atoms with Gasteiger partial charge in [-0.15, -0.1) is 0 Å². The molecule has 1 aromatic carbocycles. The summed E-state index contributed by atoms with van der Waals surface area (Å²) in [5.41, 5.74) is 7.20. The van der Waals surface area contributed by atoms with E-state index in [1.54, 1.807) is 18.8 Å². The first-order valence-electron chi connectivity index (χ1n) is 3.66. The van der Waals surface area contributed by atoms with Gasteiger partial charge in [0.2, 0.25) is 0 Å². The number of benzene rings is 1. The SMILES string of the molecule is C[PH](=O)OCc1ccc(N)cc1. The molecule has 12 heavy (non-hydrogen) atoms. The highest BCUT2D eigenvalue weighted by atomic mass is 31.1. The van der Waals surface area contributed by atoms with E-state index in [-0.39, 0.29) is 0 Å². The summed E-state index contributed by atoms with van der Waals surface area (Å²) in [4.78, 5) is 0. The van der Waals surface area contributed by atoms with Crippen molar-refractivity contribution in [3.63, 3.8) is 0 Å². The molecule has 0 fully saturated rings. The number of hydrogen-bond donors (Lipinski definition) is 1. The molecule has 0 aliphatic heterocycles. The Bertz CT molecular complexity index is 271. The number of nitrogens with two attached hydrogens (primary N) is 1. The molecule has 0 aliphatic carbocycles. The van der Waals surface area contributed by atoms with Crippen LogP contribution < -0.4 is 5.73 Å². The first-order valence-corrected chi connectivity index (χ1v) is 5.48. The predicted octanol–water partition coefficient (Wildman–Crippen LogP) is 1.89. The number of anilines is 1. The Kier molecular flexibility index (Phi) is 3.32. The highest BCUT2D eigenvalue weighted by Crippen LogP contribution is 2.18. The van der Waals surface area contributed by atoms with Crippen molar-refractivity contribution in [2.24, 2.45) is 0 Å². The van der Waals surface area contributed by atoms with Gasteiger partial charge >= 0.3 is 0 Å². The summed E-state index contributed by atoms with van der Waals surface area (Å²) in [5.74, 6) is 0. The fraction of sp³-hybridized carbons (Fsp3) is 0.250. The molecule has 0 spiro atoms. The van der Waals surface area contributed by atoms with Crippen LogP contribution in [0, 0.1) is 0 Å². The first-order chi connectivity index (χ1) is 5.68. The molecule has 4 heteroatoms. The largest absolute Gasteiger partial charge is 0.399 e. The zero-order valence-corrected chi connectivity index (χ0v) is 7.91. The van der Waals surface area contributed by atoms with Crippen LogP contribution in [0.3, 0.4) is 0 Å². The van der Waals surface area contributed by atoms with Gasteiger partial charge in [-0.05, 0) is 17.7 Å². The molecule has 0 saturated carbocycles. The lowest BCUT2D eigenvalue weighted by Gasteiger charge is -2.00. The second-order valence-corrected chi connectivity index (χ2v) is 3.79. The lowest BCUT2D eigenvalue weighted by atomic mass is 10.2. The number of nitrogen functional groups attached to an aromatic ring is 1. The van der Waals surface area contributed by atoms with E-state index < -0.39 is 8.03 Å². The average Bonchev–Trinajstić information content (AvgIpc) is 2.03. The van der Waals surface area contributed by atoms with Crippen molar-refractivity contribution in [3.05, 3.63) is 29.8 Å². The van der Waals surface area contributed by atoms with Crippen LogP contribution in [0.15, 0.2) is 24.3 Å². The Hall–Kier alpha value is -0.790. The lowest BCUT2D eigenvalue weighted by Crippen LogP contribution is -1.87. The van der Waals surface area contributed by atoms with Crippen LogP contribution in [-0.4, -0.2) is 6.66 Å². The van der Waals surface area contributed by atoms with Gasteiger partial charge in [0, 0.05) is 12.4 Å². The van der Waals surface area contributed by atoms with E-state index in [0.29, 0.717) is 6.61 Å². The number of hydrogen-bond acceptors (Lipinski definition) is 3. The van der Waals surface area contributed by atoms with Crippen molar-refractivity contribution in [3.8, 4) is 0 Å². The molecule has 2 N–H and O–H groups in total. The molecule has 0 radical (unpaired) electrons. The van der Waals surface area contributed by atoms with Crippen molar-refractivity contribution in [2.45, 2.75) is 6.61 Å². The summed E-state index contributed by atoms with van der Waals surface area (Å²) < 4.78 is 15.6. The van der Waals surface area contributed by atoms with Crippen LogP contribution in [0.5, 0.6) is 0 Å². The van der Waals surface area contributed by atoms with Crippen LogP contribution in [-0.2, 0) is 15.7 Å². The van der Waals surface area contributed by atoms with Gasteiger partial charge in [0.1, 0.15) is 0 Å². The maximum Gasteiger partial charge on any atom is 0.188 e. The van der Waals surface area contributed by atoms with Crippen LogP contribution in [0.25, 0.3) is 0 Å². The third-order valence-corrected chi connectivity index (χ3v) is 1.97. The van der Waals surface area contributed by atoms with E-state index in [0.717, 1.165) is 11.3 Å². The minimum atomic E-state index is -1.82. The van der Waals surface area contributed by atoms with E-state index in [1.165, 1.54) is 0 Å². The van der Waals surface area contributed by atoms with Crippen LogP contribution in [0.2, 0.25) is 0 Å². The Morgan fingerprint density at radius 3 is 2.50 bits per heavy atom. The summed E-state index contributed by atoms with van der Waals surface area (Å²) in [6.45, 7) is 1.97. The van der Waals surface area contributed by atoms with Gasteiger partial charge in [-0.25, -0.2) is 0 Å². The molecule has 66 valence electrons.